The summed E-state index contributed by atoms with van der Waals surface area (Å²) in [5.41, 5.74) is 1.70. The zero-order valence-corrected chi connectivity index (χ0v) is 17.9. The molecule has 2 rings (SSSR count). The van der Waals surface area contributed by atoms with Crippen LogP contribution in [0, 0.1) is 3.57 Å². The molecule has 0 aliphatic carbocycles. The van der Waals surface area contributed by atoms with E-state index in [2.05, 4.69) is 55.2 Å². The number of carbonyl (C=O) groups is 1. The first-order valence-electron chi connectivity index (χ1n) is 8.82. The lowest BCUT2D eigenvalue weighted by molar-refractivity contribution is 0.0414. The number of halogens is 1. The lowest BCUT2D eigenvalue weighted by Crippen LogP contribution is -2.39. The van der Waals surface area contributed by atoms with Crippen LogP contribution >= 0.6 is 22.6 Å². The van der Waals surface area contributed by atoms with E-state index in [0.717, 1.165) is 9.13 Å². The van der Waals surface area contributed by atoms with Gasteiger partial charge in [-0.05, 0) is 68.0 Å². The zero-order chi connectivity index (χ0) is 19.3. The average molecular weight is 467 g/mol. The summed E-state index contributed by atoms with van der Waals surface area (Å²) in [6, 6.07) is 13.8. The van der Waals surface area contributed by atoms with Gasteiger partial charge in [0.2, 0.25) is 0 Å². The number of ether oxygens (including phenoxy) is 1. The number of nitrogens with zero attached hydrogens (tertiary/aromatic N) is 1. The Morgan fingerprint density at radius 3 is 2.31 bits per heavy atom. The van der Waals surface area contributed by atoms with Crippen molar-refractivity contribution in [2.75, 3.05) is 13.2 Å². The number of esters is 1. The number of phenols is 1. The second-order valence-electron chi connectivity index (χ2n) is 6.78. The molecule has 0 fully saturated rings. The Labute approximate surface area is 169 Å². The van der Waals surface area contributed by atoms with Gasteiger partial charge in [-0.3, -0.25) is 4.90 Å². The van der Waals surface area contributed by atoms with Gasteiger partial charge >= 0.3 is 5.97 Å². The zero-order valence-electron chi connectivity index (χ0n) is 15.7. The van der Waals surface area contributed by atoms with Crippen molar-refractivity contribution in [3.63, 3.8) is 0 Å². The van der Waals surface area contributed by atoms with Gasteiger partial charge in [0.05, 0.1) is 0 Å². The minimum Gasteiger partial charge on any atom is -0.506 e. The summed E-state index contributed by atoms with van der Waals surface area (Å²) >= 11 is 2.15. The maximum absolute atomic E-state index is 12.5. The molecule has 0 unspecified atom stereocenters. The van der Waals surface area contributed by atoms with Crippen LogP contribution in [-0.4, -0.2) is 41.2 Å². The van der Waals surface area contributed by atoms with E-state index in [1.165, 1.54) is 0 Å². The molecule has 0 radical (unpaired) electrons. The number of hydrogen-bond acceptors (Lipinski definition) is 4. The first kappa shape index (κ1) is 20.7. The van der Waals surface area contributed by atoms with Gasteiger partial charge in [-0.2, -0.15) is 0 Å². The fourth-order valence-corrected chi connectivity index (χ4v) is 3.65. The van der Waals surface area contributed by atoms with E-state index in [4.69, 9.17) is 4.74 Å². The van der Waals surface area contributed by atoms with Gasteiger partial charge in [-0.1, -0.05) is 30.3 Å². The summed E-state index contributed by atoms with van der Waals surface area (Å²) in [5.74, 6) is -0.531. The second kappa shape index (κ2) is 9.37. The minimum absolute atomic E-state index is 0.0359. The molecule has 5 heteroatoms. The average Bonchev–Trinajstić information content (AvgIpc) is 2.60. The van der Waals surface area contributed by atoms with E-state index in [-0.39, 0.29) is 11.3 Å². The minimum atomic E-state index is -0.495. The molecular weight excluding hydrogens is 441 g/mol. The van der Waals surface area contributed by atoms with Crippen LogP contribution in [-0.2, 0) is 4.74 Å². The number of rotatable bonds is 7. The molecule has 0 atom stereocenters. The van der Waals surface area contributed by atoms with Crippen LogP contribution < -0.4 is 0 Å². The predicted molar refractivity (Wildman–Crippen MR) is 114 cm³/mol. The summed E-state index contributed by atoms with van der Waals surface area (Å²) < 4.78 is 6.31. The van der Waals surface area contributed by atoms with Crippen molar-refractivity contribution in [1.29, 1.82) is 0 Å². The quantitative estimate of drug-likeness (QED) is 0.463. The Morgan fingerprint density at radius 1 is 1.12 bits per heavy atom. The van der Waals surface area contributed by atoms with Gasteiger partial charge in [0.25, 0.3) is 0 Å². The molecular formula is C21H26INO3. The van der Waals surface area contributed by atoms with E-state index in [1.807, 2.05) is 36.4 Å². The van der Waals surface area contributed by atoms with Gasteiger partial charge in [0.1, 0.15) is 17.9 Å². The van der Waals surface area contributed by atoms with Gasteiger partial charge in [0.15, 0.2) is 0 Å². The molecule has 0 aromatic heterocycles. The predicted octanol–water partition coefficient (Wildman–Crippen LogP) is 4.94. The molecule has 4 nitrogen and oxygen atoms in total. The van der Waals surface area contributed by atoms with E-state index in [0.29, 0.717) is 30.8 Å². The fourth-order valence-electron chi connectivity index (χ4n) is 3.03. The highest BCUT2D eigenvalue weighted by Gasteiger charge is 2.19. The van der Waals surface area contributed by atoms with Crippen molar-refractivity contribution >= 4 is 28.6 Å². The maximum atomic E-state index is 12.5. The smallest absolute Gasteiger partial charge is 0.342 e. The normalized spacial score (nSPS) is 11.4. The molecule has 0 aliphatic heterocycles. The van der Waals surface area contributed by atoms with E-state index in [1.54, 1.807) is 6.07 Å². The monoisotopic (exact) mass is 467 g/mol. The van der Waals surface area contributed by atoms with Crippen LogP contribution in [0.3, 0.4) is 0 Å². The summed E-state index contributed by atoms with van der Waals surface area (Å²) in [7, 11) is 0. The molecule has 2 aromatic rings. The van der Waals surface area contributed by atoms with Crippen molar-refractivity contribution < 1.29 is 14.6 Å². The van der Waals surface area contributed by atoms with Crippen LogP contribution in [0.1, 0.15) is 38.1 Å². The highest BCUT2D eigenvalue weighted by molar-refractivity contribution is 14.1. The molecule has 0 bridgehead atoms. The lowest BCUT2D eigenvalue weighted by Gasteiger charge is -2.30. The summed E-state index contributed by atoms with van der Waals surface area (Å²) in [6.07, 6.45) is 0. The third-order valence-electron chi connectivity index (χ3n) is 4.29. The first-order chi connectivity index (χ1) is 12.3. The number of carbonyl (C=O) groups excluding carboxylic acids is 1. The summed E-state index contributed by atoms with van der Waals surface area (Å²) in [5, 5.41) is 10.6. The Hall–Kier alpha value is -1.60. The lowest BCUT2D eigenvalue weighted by atomic mass is 10.0. The van der Waals surface area contributed by atoms with Gasteiger partial charge in [-0.15, -0.1) is 0 Å². The first-order valence-corrected chi connectivity index (χ1v) is 9.90. The second-order valence-corrected chi connectivity index (χ2v) is 8.02. The molecule has 0 saturated heterocycles. The molecule has 2 aromatic carbocycles. The number of aromatic hydroxyl groups is 1. The molecule has 0 amide bonds. The Bertz CT molecular complexity index is 736. The number of benzene rings is 2. The van der Waals surface area contributed by atoms with Gasteiger partial charge in [-0.25, -0.2) is 4.79 Å². The van der Waals surface area contributed by atoms with Crippen LogP contribution in [0.5, 0.6) is 5.75 Å². The molecule has 1 N–H and O–H groups in total. The molecule has 140 valence electrons. The van der Waals surface area contributed by atoms with E-state index in [9.17, 15) is 9.90 Å². The topological polar surface area (TPSA) is 49.8 Å². The van der Waals surface area contributed by atoms with Crippen molar-refractivity contribution in [3.8, 4) is 16.9 Å². The summed E-state index contributed by atoms with van der Waals surface area (Å²) in [6.45, 7) is 9.45. The molecule has 26 heavy (non-hydrogen) atoms. The van der Waals surface area contributed by atoms with Crippen LogP contribution in [0.4, 0.5) is 0 Å². The highest BCUT2D eigenvalue weighted by atomic mass is 127. The highest BCUT2D eigenvalue weighted by Crippen LogP contribution is 2.34. The van der Waals surface area contributed by atoms with Crippen LogP contribution in [0.25, 0.3) is 11.1 Å². The molecule has 0 aliphatic rings. The largest absolute Gasteiger partial charge is 0.506 e. The fraction of sp³-hybridized carbons (Fsp3) is 0.381. The Kier molecular flexibility index (Phi) is 7.46. The van der Waals surface area contributed by atoms with Crippen molar-refractivity contribution in [1.82, 2.24) is 4.90 Å². The summed E-state index contributed by atoms with van der Waals surface area (Å²) in [4.78, 5) is 14.8. The van der Waals surface area contributed by atoms with E-state index >= 15 is 0 Å². The van der Waals surface area contributed by atoms with Crippen LogP contribution in [0.15, 0.2) is 42.5 Å². The molecule has 0 spiro atoms. The van der Waals surface area contributed by atoms with Gasteiger partial charge < -0.3 is 9.84 Å². The number of phenolic OH excluding ortho intramolecular Hbond substituents is 1. The van der Waals surface area contributed by atoms with Crippen LogP contribution in [0.2, 0.25) is 0 Å². The molecule has 0 saturated carbocycles. The van der Waals surface area contributed by atoms with Crippen molar-refractivity contribution in [3.05, 3.63) is 51.6 Å². The third-order valence-corrected chi connectivity index (χ3v) is 4.91. The van der Waals surface area contributed by atoms with Crippen molar-refractivity contribution in [2.24, 2.45) is 0 Å². The third kappa shape index (κ3) is 5.20. The van der Waals surface area contributed by atoms with E-state index < -0.39 is 5.97 Å². The van der Waals surface area contributed by atoms with Gasteiger partial charge in [0, 0.05) is 27.8 Å². The van der Waals surface area contributed by atoms with Crippen molar-refractivity contribution in [2.45, 2.75) is 39.8 Å². The Balaban J connectivity index is 2.16. The Morgan fingerprint density at radius 2 is 1.73 bits per heavy atom. The molecule has 0 heterocycles. The number of hydrogen-bond donors (Lipinski definition) is 1. The SMILES string of the molecule is CC(C)N(CCOC(=O)c1cc(I)cc(-c2ccccc2)c1O)C(C)C. The maximum Gasteiger partial charge on any atom is 0.342 e. The standard InChI is InChI=1S/C21H26INO3/c1-14(2)23(15(3)4)10-11-26-21(25)19-13-17(22)12-18(20(19)24)16-8-6-5-7-9-16/h5-9,12-15,24H,10-11H2,1-4H3.